The van der Waals surface area contributed by atoms with Gasteiger partial charge in [-0.15, -0.1) is 0 Å². The van der Waals surface area contributed by atoms with Crippen LogP contribution in [0.15, 0.2) is 73.2 Å². The second-order valence-electron chi connectivity index (χ2n) is 8.71. The Morgan fingerprint density at radius 3 is 2.66 bits per heavy atom. The average Bonchev–Trinajstić information content (AvgIpc) is 3.46. The fourth-order valence-corrected chi connectivity index (χ4v) is 3.94. The number of fused-ring (bicyclic) bond motifs is 1. The van der Waals surface area contributed by atoms with Crippen LogP contribution in [0, 0.1) is 6.92 Å². The van der Waals surface area contributed by atoms with E-state index in [4.69, 9.17) is 5.10 Å². The summed E-state index contributed by atoms with van der Waals surface area (Å²) in [4.78, 5) is 23.8. The molecule has 0 aliphatic rings. The van der Waals surface area contributed by atoms with E-state index < -0.39 is 0 Å². The fourth-order valence-electron chi connectivity index (χ4n) is 3.94. The van der Waals surface area contributed by atoms with Crippen LogP contribution >= 0.6 is 0 Å². The number of benzene rings is 1. The summed E-state index contributed by atoms with van der Waals surface area (Å²) in [7, 11) is 4.05. The van der Waals surface area contributed by atoms with E-state index in [1.807, 2.05) is 87.9 Å². The van der Waals surface area contributed by atoms with Crippen molar-refractivity contribution < 1.29 is 4.79 Å². The third-order valence-electron chi connectivity index (χ3n) is 5.50. The van der Waals surface area contributed by atoms with Crippen LogP contribution in [0.3, 0.4) is 0 Å². The number of aromatic nitrogens is 6. The number of carbonyl (C=O) groups is 1. The van der Waals surface area contributed by atoms with Gasteiger partial charge in [-0.3, -0.25) is 4.79 Å². The number of nitrogens with one attached hydrogen (secondary N) is 1. The molecule has 1 N–H and O–H groups in total. The molecule has 0 spiro atoms. The summed E-state index contributed by atoms with van der Waals surface area (Å²) in [6.07, 6.45) is 3.54. The number of aryl methyl sites for hydroxylation is 1. The van der Waals surface area contributed by atoms with Crippen LogP contribution in [0.2, 0.25) is 0 Å². The van der Waals surface area contributed by atoms with Crippen molar-refractivity contribution in [3.8, 4) is 17.1 Å². The van der Waals surface area contributed by atoms with Crippen LogP contribution in [-0.4, -0.2) is 54.3 Å². The maximum Gasteiger partial charge on any atom is 0.230 e. The molecule has 9 nitrogen and oxygen atoms in total. The molecule has 5 aromatic rings. The minimum absolute atomic E-state index is 0.134. The number of nitrogens with zero attached hydrogens (tertiary/aromatic N) is 7. The fraction of sp³-hybridized carbons (Fsp3) is 0.192. The van der Waals surface area contributed by atoms with E-state index in [1.54, 1.807) is 9.20 Å². The van der Waals surface area contributed by atoms with Gasteiger partial charge in [0, 0.05) is 29.7 Å². The van der Waals surface area contributed by atoms with Crippen molar-refractivity contribution in [2.75, 3.05) is 19.4 Å². The predicted molar refractivity (Wildman–Crippen MR) is 134 cm³/mol. The lowest BCUT2D eigenvalue weighted by Gasteiger charge is -2.10. The number of amides is 1. The van der Waals surface area contributed by atoms with Crippen LogP contribution in [0.25, 0.3) is 22.7 Å². The van der Waals surface area contributed by atoms with E-state index >= 15 is 0 Å². The van der Waals surface area contributed by atoms with Crippen LogP contribution in [0.5, 0.6) is 0 Å². The van der Waals surface area contributed by atoms with Crippen LogP contribution in [0.1, 0.15) is 17.0 Å². The molecule has 176 valence electrons. The maximum atomic E-state index is 12.8. The summed E-state index contributed by atoms with van der Waals surface area (Å²) in [6.45, 7) is 2.79. The number of rotatable bonds is 7. The third kappa shape index (κ3) is 5.10. The first kappa shape index (κ1) is 22.4. The SMILES string of the molecule is Cc1cccc(-n2nc(CC(=O)Nc3ccc(CN(C)C)cc3)cc2-c2ccc3ncnn3c2)n1. The molecular weight excluding hydrogens is 440 g/mol. The summed E-state index contributed by atoms with van der Waals surface area (Å²) < 4.78 is 3.48. The second kappa shape index (κ2) is 9.47. The normalized spacial score (nSPS) is 11.3. The van der Waals surface area contributed by atoms with Crippen LogP contribution in [-0.2, 0) is 17.8 Å². The molecule has 0 saturated heterocycles. The van der Waals surface area contributed by atoms with Gasteiger partial charge in [0.05, 0.1) is 17.8 Å². The van der Waals surface area contributed by atoms with E-state index in [0.717, 1.165) is 34.8 Å². The molecule has 1 aromatic carbocycles. The Morgan fingerprint density at radius 2 is 1.89 bits per heavy atom. The molecule has 4 aromatic heterocycles. The Labute approximate surface area is 203 Å². The number of hydrogen-bond donors (Lipinski definition) is 1. The van der Waals surface area contributed by atoms with Crippen molar-refractivity contribution in [3.05, 3.63) is 90.1 Å². The lowest BCUT2D eigenvalue weighted by atomic mass is 10.1. The minimum Gasteiger partial charge on any atom is -0.326 e. The zero-order chi connectivity index (χ0) is 24.4. The molecule has 0 radical (unpaired) electrons. The standard InChI is InChI=1S/C26H26N8O/c1-18-5-4-6-25(29-18)34-23(20-9-12-24-27-17-28-33(24)16-20)13-22(31-34)14-26(35)30-21-10-7-19(8-11-21)15-32(2)3/h4-13,16-17H,14-15H2,1-3H3,(H,30,35). The summed E-state index contributed by atoms with van der Waals surface area (Å²) in [5.74, 6) is 0.548. The van der Waals surface area contributed by atoms with E-state index in [-0.39, 0.29) is 12.3 Å². The van der Waals surface area contributed by atoms with Crippen molar-refractivity contribution in [2.24, 2.45) is 0 Å². The van der Waals surface area contributed by atoms with E-state index in [2.05, 4.69) is 25.3 Å². The third-order valence-corrected chi connectivity index (χ3v) is 5.50. The molecule has 5 rings (SSSR count). The quantitative estimate of drug-likeness (QED) is 0.394. The van der Waals surface area contributed by atoms with Gasteiger partial charge in [0.1, 0.15) is 6.33 Å². The highest BCUT2D eigenvalue weighted by molar-refractivity contribution is 5.92. The van der Waals surface area contributed by atoms with Gasteiger partial charge in [0.2, 0.25) is 5.91 Å². The topological polar surface area (TPSA) is 93.2 Å². The first-order chi connectivity index (χ1) is 16.9. The molecule has 0 saturated carbocycles. The van der Waals surface area contributed by atoms with Crippen molar-refractivity contribution in [1.82, 2.24) is 34.3 Å². The zero-order valence-electron chi connectivity index (χ0n) is 19.9. The van der Waals surface area contributed by atoms with Crippen LogP contribution in [0.4, 0.5) is 5.69 Å². The lowest BCUT2D eigenvalue weighted by molar-refractivity contribution is -0.115. The molecule has 0 aliphatic carbocycles. The van der Waals surface area contributed by atoms with Gasteiger partial charge in [-0.1, -0.05) is 18.2 Å². The summed E-state index contributed by atoms with van der Waals surface area (Å²) in [6, 6.07) is 19.4. The summed E-state index contributed by atoms with van der Waals surface area (Å²) in [5.41, 5.74) is 5.93. The van der Waals surface area contributed by atoms with Gasteiger partial charge < -0.3 is 10.2 Å². The van der Waals surface area contributed by atoms with Gasteiger partial charge in [0.25, 0.3) is 0 Å². The molecule has 0 atom stereocenters. The molecule has 1 amide bonds. The molecule has 0 fully saturated rings. The Balaban J connectivity index is 1.42. The number of pyridine rings is 2. The Kier molecular flexibility index (Phi) is 6.07. The summed E-state index contributed by atoms with van der Waals surface area (Å²) in [5, 5.41) is 11.9. The number of anilines is 1. The van der Waals surface area contributed by atoms with Crippen molar-refractivity contribution in [1.29, 1.82) is 0 Å². The highest BCUT2D eigenvalue weighted by Crippen LogP contribution is 2.24. The van der Waals surface area contributed by atoms with Crippen molar-refractivity contribution >= 4 is 17.2 Å². The van der Waals surface area contributed by atoms with Gasteiger partial charge >= 0.3 is 0 Å². The zero-order valence-corrected chi connectivity index (χ0v) is 19.9. The Bertz CT molecular complexity index is 1480. The van der Waals surface area contributed by atoms with Gasteiger partial charge in [-0.2, -0.15) is 10.2 Å². The lowest BCUT2D eigenvalue weighted by Crippen LogP contribution is -2.15. The van der Waals surface area contributed by atoms with Crippen molar-refractivity contribution in [2.45, 2.75) is 19.9 Å². The Hall–Kier alpha value is -4.37. The molecular formula is C26H26N8O. The first-order valence-corrected chi connectivity index (χ1v) is 11.3. The highest BCUT2D eigenvalue weighted by Gasteiger charge is 2.16. The average molecular weight is 467 g/mol. The predicted octanol–water partition coefficient (Wildman–Crippen LogP) is 3.53. The Morgan fingerprint density at radius 1 is 1.06 bits per heavy atom. The molecule has 0 aliphatic heterocycles. The van der Waals surface area contributed by atoms with Gasteiger partial charge in [0.15, 0.2) is 11.5 Å². The highest BCUT2D eigenvalue weighted by atomic mass is 16.1. The smallest absolute Gasteiger partial charge is 0.230 e. The largest absolute Gasteiger partial charge is 0.326 e. The molecule has 0 unspecified atom stereocenters. The summed E-state index contributed by atoms with van der Waals surface area (Å²) >= 11 is 0. The second-order valence-corrected chi connectivity index (χ2v) is 8.71. The first-order valence-electron chi connectivity index (χ1n) is 11.3. The number of carbonyl (C=O) groups excluding carboxylic acids is 1. The van der Waals surface area contributed by atoms with E-state index in [1.165, 1.54) is 11.9 Å². The molecule has 4 heterocycles. The number of hydrogen-bond acceptors (Lipinski definition) is 6. The van der Waals surface area contributed by atoms with E-state index in [9.17, 15) is 4.79 Å². The van der Waals surface area contributed by atoms with E-state index in [0.29, 0.717) is 11.5 Å². The minimum atomic E-state index is -0.134. The van der Waals surface area contributed by atoms with Crippen molar-refractivity contribution in [3.63, 3.8) is 0 Å². The van der Waals surface area contributed by atoms with Gasteiger partial charge in [-0.25, -0.2) is 19.2 Å². The maximum absolute atomic E-state index is 12.8. The molecule has 9 heteroatoms. The molecule has 35 heavy (non-hydrogen) atoms. The van der Waals surface area contributed by atoms with Crippen LogP contribution < -0.4 is 5.32 Å². The van der Waals surface area contributed by atoms with Gasteiger partial charge in [-0.05, 0) is 69.0 Å². The monoisotopic (exact) mass is 466 g/mol. The molecule has 0 bridgehead atoms.